The maximum atomic E-state index is 12.3. The van der Waals surface area contributed by atoms with Crippen molar-refractivity contribution in [1.82, 2.24) is 5.32 Å². The highest BCUT2D eigenvalue weighted by Gasteiger charge is 2.16. The van der Waals surface area contributed by atoms with Crippen LogP contribution in [0.25, 0.3) is 0 Å². The summed E-state index contributed by atoms with van der Waals surface area (Å²) < 4.78 is 0. The van der Waals surface area contributed by atoms with Crippen LogP contribution in [0.1, 0.15) is 52.9 Å². The second-order valence-corrected chi connectivity index (χ2v) is 7.97. The van der Waals surface area contributed by atoms with Crippen molar-refractivity contribution in [2.75, 3.05) is 0 Å². The third-order valence-corrected chi connectivity index (χ3v) is 4.79. The summed E-state index contributed by atoms with van der Waals surface area (Å²) in [6, 6.07) is -0.0184. The van der Waals surface area contributed by atoms with Crippen molar-refractivity contribution >= 4 is 11.7 Å². The molecule has 0 fully saturated rings. The van der Waals surface area contributed by atoms with Gasteiger partial charge < -0.3 is 15.5 Å². The molecule has 32 heavy (non-hydrogen) atoms. The average Bonchev–Trinajstić information content (AvgIpc) is 2.74. The molecule has 0 spiro atoms. The van der Waals surface area contributed by atoms with Gasteiger partial charge in [-0.1, -0.05) is 85.3 Å². The van der Waals surface area contributed by atoms with Gasteiger partial charge in [0.2, 0.25) is 5.91 Å². The van der Waals surface area contributed by atoms with Gasteiger partial charge in [0, 0.05) is 18.5 Å². The van der Waals surface area contributed by atoms with Crippen LogP contribution < -0.4 is 5.32 Å². The molecule has 3 atom stereocenters. The lowest BCUT2D eigenvalue weighted by molar-refractivity contribution is -0.118. The van der Waals surface area contributed by atoms with Crippen LogP contribution in [0, 0.1) is 0 Å². The zero-order chi connectivity index (χ0) is 23.8. The summed E-state index contributed by atoms with van der Waals surface area (Å²) in [5.74, 6) is -0.426. The average molecular weight is 440 g/mol. The number of hydrogen-bond acceptors (Lipinski definition) is 4. The van der Waals surface area contributed by atoms with Crippen LogP contribution >= 0.6 is 0 Å². The largest absolute Gasteiger partial charge is 0.390 e. The van der Waals surface area contributed by atoms with Crippen LogP contribution in [0.3, 0.4) is 0 Å². The summed E-state index contributed by atoms with van der Waals surface area (Å²) in [5, 5.41) is 23.2. The Hall–Kier alpha value is -2.76. The Labute approximate surface area is 192 Å². The first kappa shape index (κ1) is 27.3. The molecule has 0 aromatic heterocycles. The number of rotatable bonds is 4. The Kier molecular flexibility index (Phi) is 13.6. The van der Waals surface area contributed by atoms with Gasteiger partial charge in [-0.05, 0) is 39.2 Å². The van der Waals surface area contributed by atoms with Crippen LogP contribution in [-0.2, 0) is 9.59 Å². The molecule has 1 heterocycles. The zero-order valence-electron chi connectivity index (χ0n) is 19.4. The Morgan fingerprint density at radius 2 is 1.75 bits per heavy atom. The summed E-state index contributed by atoms with van der Waals surface area (Å²) in [6.07, 6.45) is 22.2. The highest BCUT2D eigenvalue weighted by Crippen LogP contribution is 2.08. The summed E-state index contributed by atoms with van der Waals surface area (Å²) in [4.78, 5) is 24.4. The quantitative estimate of drug-likeness (QED) is 0.566. The Morgan fingerprint density at radius 3 is 2.50 bits per heavy atom. The zero-order valence-corrected chi connectivity index (χ0v) is 19.4. The van der Waals surface area contributed by atoms with E-state index in [4.69, 9.17) is 0 Å². The normalized spacial score (nSPS) is 31.6. The summed E-state index contributed by atoms with van der Waals surface area (Å²) >= 11 is 0. The number of unbranched alkanes of at least 4 members (excludes halogenated alkanes) is 1. The summed E-state index contributed by atoms with van der Waals surface area (Å²) in [5.41, 5.74) is 1.59. The van der Waals surface area contributed by atoms with Gasteiger partial charge in [0.15, 0.2) is 5.78 Å². The first-order chi connectivity index (χ1) is 15.3. The van der Waals surface area contributed by atoms with Crippen LogP contribution in [-0.4, -0.2) is 40.2 Å². The molecule has 0 radical (unpaired) electrons. The van der Waals surface area contributed by atoms with Crippen molar-refractivity contribution in [2.24, 2.45) is 0 Å². The number of carbonyl (C=O) groups excluding carboxylic acids is 2. The van der Waals surface area contributed by atoms with Crippen molar-refractivity contribution < 1.29 is 19.8 Å². The fourth-order valence-electron chi connectivity index (χ4n) is 2.93. The van der Waals surface area contributed by atoms with E-state index in [0.29, 0.717) is 12.0 Å². The Bertz CT molecular complexity index is 812. The van der Waals surface area contributed by atoms with Crippen molar-refractivity contribution in [1.29, 1.82) is 0 Å². The monoisotopic (exact) mass is 439 g/mol. The standard InChI is InChI=1S/C27H37NO4/c1-4-5-6-7-14-23-15-10-8-12-21(2)17-18-24(29)20-26(31)25(30)19-22(3)13-9-11-16-27(32)28-23/h6-13,16-19,23,25-26,30-31H,4-5,14-15,20H2,1-3H3,(H,28,32)/b7-6+,10-8+,13-9+,16-11+,18-17+,21-12+,22-19-. The van der Waals surface area contributed by atoms with E-state index in [1.807, 2.05) is 25.2 Å². The molecule has 1 aliphatic rings. The van der Waals surface area contributed by atoms with E-state index in [-0.39, 0.29) is 24.2 Å². The van der Waals surface area contributed by atoms with Gasteiger partial charge in [-0.2, -0.15) is 0 Å². The molecule has 0 saturated carbocycles. The minimum atomic E-state index is -1.19. The third kappa shape index (κ3) is 12.8. The van der Waals surface area contributed by atoms with Gasteiger partial charge in [0.1, 0.15) is 0 Å². The van der Waals surface area contributed by atoms with Gasteiger partial charge >= 0.3 is 0 Å². The van der Waals surface area contributed by atoms with Gasteiger partial charge in [0.25, 0.3) is 0 Å². The molecule has 5 heteroatoms. The molecule has 0 aromatic carbocycles. The van der Waals surface area contributed by atoms with Crippen LogP contribution in [0.15, 0.2) is 84.1 Å². The predicted molar refractivity (Wildman–Crippen MR) is 131 cm³/mol. The molecular weight excluding hydrogens is 402 g/mol. The number of allylic oxidation sites excluding steroid dienone is 10. The molecule has 5 nitrogen and oxygen atoms in total. The predicted octanol–water partition coefficient (Wildman–Crippen LogP) is 4.42. The number of nitrogens with one attached hydrogen (secondary N) is 1. The van der Waals surface area contributed by atoms with E-state index >= 15 is 0 Å². The molecule has 0 aromatic rings. The van der Waals surface area contributed by atoms with Crippen LogP contribution in [0.5, 0.6) is 0 Å². The SMILES string of the molecule is CCC/C=C/CC1C/C=C/C=C(C)/C=C/C(=O)CC(O)C(O)\C=C(C)/C=C/C=C/C(=O)N1. The number of ketones is 1. The van der Waals surface area contributed by atoms with E-state index in [0.717, 1.165) is 24.8 Å². The fourth-order valence-corrected chi connectivity index (χ4v) is 2.93. The Balaban J connectivity index is 3.03. The molecular formula is C27H37NO4. The molecule has 174 valence electrons. The topological polar surface area (TPSA) is 86.6 Å². The van der Waals surface area contributed by atoms with Gasteiger partial charge in [-0.15, -0.1) is 0 Å². The Morgan fingerprint density at radius 1 is 1.00 bits per heavy atom. The maximum absolute atomic E-state index is 12.3. The summed E-state index contributed by atoms with van der Waals surface area (Å²) in [6.45, 7) is 5.78. The lowest BCUT2D eigenvalue weighted by Gasteiger charge is -2.14. The molecule has 0 aliphatic carbocycles. The van der Waals surface area contributed by atoms with E-state index in [9.17, 15) is 19.8 Å². The second kappa shape index (κ2) is 16.0. The van der Waals surface area contributed by atoms with E-state index in [2.05, 4.69) is 24.4 Å². The van der Waals surface area contributed by atoms with Crippen molar-refractivity contribution in [2.45, 2.75) is 71.1 Å². The second-order valence-electron chi connectivity index (χ2n) is 7.97. The van der Waals surface area contributed by atoms with Gasteiger partial charge in [0.05, 0.1) is 12.2 Å². The van der Waals surface area contributed by atoms with Gasteiger partial charge in [-0.3, -0.25) is 9.59 Å². The molecule has 0 saturated heterocycles. The van der Waals surface area contributed by atoms with E-state index in [1.54, 1.807) is 31.2 Å². The van der Waals surface area contributed by atoms with Crippen LogP contribution in [0.2, 0.25) is 0 Å². The smallest absolute Gasteiger partial charge is 0.244 e. The van der Waals surface area contributed by atoms with Crippen molar-refractivity contribution in [3.8, 4) is 0 Å². The van der Waals surface area contributed by atoms with Crippen molar-refractivity contribution in [3.05, 3.63) is 84.1 Å². The number of hydrogen-bond donors (Lipinski definition) is 3. The molecule has 1 rings (SSSR count). The summed E-state index contributed by atoms with van der Waals surface area (Å²) in [7, 11) is 0. The van der Waals surface area contributed by atoms with Gasteiger partial charge in [-0.25, -0.2) is 0 Å². The highest BCUT2D eigenvalue weighted by atomic mass is 16.3. The van der Waals surface area contributed by atoms with Crippen molar-refractivity contribution in [3.63, 3.8) is 0 Å². The number of aliphatic hydroxyl groups is 2. The van der Waals surface area contributed by atoms with E-state index in [1.165, 1.54) is 18.2 Å². The van der Waals surface area contributed by atoms with E-state index < -0.39 is 12.2 Å². The highest BCUT2D eigenvalue weighted by molar-refractivity contribution is 5.90. The lowest BCUT2D eigenvalue weighted by atomic mass is 10.0. The molecule has 1 amide bonds. The third-order valence-electron chi connectivity index (χ3n) is 4.79. The molecule has 3 N–H and O–H groups in total. The van der Waals surface area contributed by atoms with Crippen LogP contribution in [0.4, 0.5) is 0 Å². The lowest BCUT2D eigenvalue weighted by Crippen LogP contribution is -2.32. The fraction of sp³-hybridized carbons (Fsp3) is 0.407. The minimum absolute atomic E-state index is 0.0184. The first-order valence-electron chi connectivity index (χ1n) is 11.2. The minimum Gasteiger partial charge on any atom is -0.390 e. The maximum Gasteiger partial charge on any atom is 0.244 e. The first-order valence-corrected chi connectivity index (χ1v) is 11.2. The molecule has 0 bridgehead atoms. The number of aliphatic hydroxyl groups excluding tert-OH is 2. The number of amides is 1. The number of carbonyl (C=O) groups is 2. The molecule has 3 unspecified atom stereocenters. The molecule has 1 aliphatic heterocycles.